The third-order valence-electron chi connectivity index (χ3n) is 1.89. The minimum Gasteiger partial charge on any atom is -0.287 e. The fourth-order valence-corrected chi connectivity index (χ4v) is 1.05. The van der Waals surface area contributed by atoms with Crippen molar-refractivity contribution < 1.29 is 9.72 Å². The van der Waals surface area contributed by atoms with Crippen LogP contribution in [0.3, 0.4) is 0 Å². The molecule has 2 N–H and O–H groups in total. The normalized spacial score (nSPS) is 11.0. The fraction of sp³-hybridized carbons (Fsp3) is 0.364. The Morgan fingerprint density at radius 3 is 2.18 bits per heavy atom. The molecule has 0 aliphatic rings. The number of hydrogen-bond donors (Lipinski definition) is 2. The van der Waals surface area contributed by atoms with E-state index in [1.165, 1.54) is 24.3 Å². The Morgan fingerprint density at radius 1 is 1.24 bits per heavy atom. The van der Waals surface area contributed by atoms with Crippen molar-refractivity contribution in [1.82, 2.24) is 10.9 Å². The van der Waals surface area contributed by atoms with Gasteiger partial charge in [-0.3, -0.25) is 20.3 Å². The van der Waals surface area contributed by atoms with Crippen molar-refractivity contribution in [3.05, 3.63) is 39.9 Å². The summed E-state index contributed by atoms with van der Waals surface area (Å²) in [6, 6.07) is 5.42. The van der Waals surface area contributed by atoms with E-state index in [-0.39, 0.29) is 17.1 Å². The Kier molecular flexibility index (Phi) is 3.80. The van der Waals surface area contributed by atoms with Crippen LogP contribution in [0.2, 0.25) is 0 Å². The van der Waals surface area contributed by atoms with Gasteiger partial charge in [0.25, 0.3) is 11.6 Å². The molecular formula is C11H15N3O3. The van der Waals surface area contributed by atoms with E-state index >= 15 is 0 Å². The lowest BCUT2D eigenvalue weighted by atomic mass is 10.1. The molecule has 0 fully saturated rings. The Hall–Kier alpha value is -1.95. The Labute approximate surface area is 99.1 Å². The molecule has 6 heteroatoms. The topological polar surface area (TPSA) is 84.3 Å². The van der Waals surface area contributed by atoms with Crippen LogP contribution in [-0.2, 0) is 0 Å². The quantitative estimate of drug-likeness (QED) is 0.618. The third-order valence-corrected chi connectivity index (χ3v) is 1.89. The summed E-state index contributed by atoms with van der Waals surface area (Å²) in [5.74, 6) is -0.324. The summed E-state index contributed by atoms with van der Waals surface area (Å²) in [5.41, 5.74) is 5.44. The van der Waals surface area contributed by atoms with Gasteiger partial charge in [0.15, 0.2) is 0 Å². The van der Waals surface area contributed by atoms with Crippen molar-refractivity contribution in [3.63, 3.8) is 0 Å². The smallest absolute Gasteiger partial charge is 0.269 e. The van der Waals surface area contributed by atoms with Gasteiger partial charge in [-0.1, -0.05) is 0 Å². The molecule has 92 valence electrons. The van der Waals surface area contributed by atoms with E-state index in [1.807, 2.05) is 20.8 Å². The summed E-state index contributed by atoms with van der Waals surface area (Å²) in [6.07, 6.45) is 0. The summed E-state index contributed by atoms with van der Waals surface area (Å²) in [6.45, 7) is 5.72. The van der Waals surface area contributed by atoms with E-state index in [0.29, 0.717) is 5.56 Å². The highest BCUT2D eigenvalue weighted by Gasteiger charge is 2.13. The number of hydrogen-bond acceptors (Lipinski definition) is 4. The molecular weight excluding hydrogens is 222 g/mol. The van der Waals surface area contributed by atoms with Crippen LogP contribution in [0.25, 0.3) is 0 Å². The standard InChI is InChI=1S/C11H15N3O3/c1-11(2,3)13-12-10(15)8-4-6-9(7-5-8)14(16)17/h4-7,13H,1-3H3,(H,12,15). The third kappa shape index (κ3) is 4.20. The highest BCUT2D eigenvalue weighted by molar-refractivity contribution is 5.94. The van der Waals surface area contributed by atoms with E-state index in [2.05, 4.69) is 10.9 Å². The largest absolute Gasteiger partial charge is 0.287 e. The number of non-ortho nitro benzene ring substituents is 1. The number of nitro benzene ring substituents is 1. The van der Waals surface area contributed by atoms with E-state index < -0.39 is 4.92 Å². The first-order valence-corrected chi connectivity index (χ1v) is 5.11. The van der Waals surface area contributed by atoms with Crippen molar-refractivity contribution >= 4 is 11.6 Å². The van der Waals surface area contributed by atoms with Gasteiger partial charge in [-0.05, 0) is 32.9 Å². The summed E-state index contributed by atoms with van der Waals surface area (Å²) >= 11 is 0. The van der Waals surface area contributed by atoms with Gasteiger partial charge in [0.2, 0.25) is 0 Å². The van der Waals surface area contributed by atoms with Crippen molar-refractivity contribution in [1.29, 1.82) is 0 Å². The minimum atomic E-state index is -0.505. The van der Waals surface area contributed by atoms with Crippen LogP contribution in [0, 0.1) is 10.1 Å². The Morgan fingerprint density at radius 2 is 1.76 bits per heavy atom. The predicted octanol–water partition coefficient (Wildman–Crippen LogP) is 1.63. The number of carbonyl (C=O) groups excluding carboxylic acids is 1. The molecule has 0 saturated carbocycles. The van der Waals surface area contributed by atoms with Crippen molar-refractivity contribution in [2.24, 2.45) is 0 Å². The van der Waals surface area contributed by atoms with Gasteiger partial charge in [0.05, 0.1) is 4.92 Å². The van der Waals surface area contributed by atoms with Gasteiger partial charge in [-0.2, -0.15) is 0 Å². The van der Waals surface area contributed by atoms with Gasteiger partial charge in [0.1, 0.15) is 0 Å². The average Bonchev–Trinajstić information content (AvgIpc) is 2.25. The van der Waals surface area contributed by atoms with Crippen LogP contribution in [0.15, 0.2) is 24.3 Å². The SMILES string of the molecule is CC(C)(C)NNC(=O)c1ccc([N+](=O)[O-])cc1. The van der Waals surface area contributed by atoms with Gasteiger partial charge in [-0.15, -0.1) is 0 Å². The molecule has 1 aromatic carbocycles. The fourth-order valence-electron chi connectivity index (χ4n) is 1.05. The maximum atomic E-state index is 11.6. The number of hydrazine groups is 1. The lowest BCUT2D eigenvalue weighted by Gasteiger charge is -2.20. The lowest BCUT2D eigenvalue weighted by Crippen LogP contribution is -2.48. The molecule has 0 bridgehead atoms. The number of nitrogens with zero attached hydrogens (tertiary/aromatic N) is 1. The number of rotatable bonds is 3. The summed E-state index contributed by atoms with van der Waals surface area (Å²) < 4.78 is 0. The first-order valence-electron chi connectivity index (χ1n) is 5.11. The maximum absolute atomic E-state index is 11.6. The summed E-state index contributed by atoms with van der Waals surface area (Å²) in [5, 5.41) is 10.4. The molecule has 0 aliphatic heterocycles. The van der Waals surface area contributed by atoms with Crippen molar-refractivity contribution in [2.75, 3.05) is 0 Å². The highest BCUT2D eigenvalue weighted by Crippen LogP contribution is 2.11. The summed E-state index contributed by atoms with van der Waals surface area (Å²) in [4.78, 5) is 21.6. The van der Waals surface area contributed by atoms with Crippen molar-refractivity contribution in [2.45, 2.75) is 26.3 Å². The van der Waals surface area contributed by atoms with Crippen LogP contribution in [-0.4, -0.2) is 16.4 Å². The second-order valence-electron chi connectivity index (χ2n) is 4.63. The Bertz CT molecular complexity index is 421. The van der Waals surface area contributed by atoms with E-state index in [4.69, 9.17) is 0 Å². The zero-order valence-corrected chi connectivity index (χ0v) is 9.98. The lowest BCUT2D eigenvalue weighted by molar-refractivity contribution is -0.384. The van der Waals surface area contributed by atoms with E-state index in [9.17, 15) is 14.9 Å². The van der Waals surface area contributed by atoms with Gasteiger partial charge >= 0.3 is 0 Å². The molecule has 0 unspecified atom stereocenters. The number of benzene rings is 1. The number of carbonyl (C=O) groups is 1. The Balaban J connectivity index is 2.67. The monoisotopic (exact) mass is 237 g/mol. The molecule has 1 rings (SSSR count). The highest BCUT2D eigenvalue weighted by atomic mass is 16.6. The van der Waals surface area contributed by atoms with Crippen molar-refractivity contribution in [3.8, 4) is 0 Å². The number of nitro groups is 1. The molecule has 0 radical (unpaired) electrons. The van der Waals surface area contributed by atoms with Crippen LogP contribution in [0.4, 0.5) is 5.69 Å². The van der Waals surface area contributed by atoms with Gasteiger partial charge < -0.3 is 0 Å². The van der Waals surface area contributed by atoms with Crippen LogP contribution in [0.1, 0.15) is 31.1 Å². The first-order chi connectivity index (χ1) is 7.79. The average molecular weight is 237 g/mol. The second-order valence-corrected chi connectivity index (χ2v) is 4.63. The van der Waals surface area contributed by atoms with Crippen LogP contribution >= 0.6 is 0 Å². The van der Waals surface area contributed by atoms with Crippen LogP contribution < -0.4 is 10.9 Å². The molecule has 0 aliphatic carbocycles. The number of amides is 1. The van der Waals surface area contributed by atoms with E-state index in [1.54, 1.807) is 0 Å². The maximum Gasteiger partial charge on any atom is 0.269 e. The summed E-state index contributed by atoms with van der Waals surface area (Å²) in [7, 11) is 0. The molecule has 0 spiro atoms. The zero-order chi connectivity index (χ0) is 13.1. The van der Waals surface area contributed by atoms with Gasteiger partial charge in [-0.25, -0.2) is 5.43 Å². The minimum absolute atomic E-state index is 0.0367. The number of nitrogens with one attached hydrogen (secondary N) is 2. The molecule has 6 nitrogen and oxygen atoms in total. The molecule has 1 amide bonds. The van der Waals surface area contributed by atoms with E-state index in [0.717, 1.165) is 0 Å². The zero-order valence-electron chi connectivity index (χ0n) is 9.98. The predicted molar refractivity (Wildman–Crippen MR) is 63.5 cm³/mol. The second kappa shape index (κ2) is 4.92. The molecule has 0 saturated heterocycles. The molecule has 0 atom stereocenters. The van der Waals surface area contributed by atoms with Gasteiger partial charge in [0, 0.05) is 23.2 Å². The molecule has 0 aromatic heterocycles. The van der Waals surface area contributed by atoms with Crippen LogP contribution in [0.5, 0.6) is 0 Å². The molecule has 17 heavy (non-hydrogen) atoms. The first kappa shape index (κ1) is 13.1. The molecule has 0 heterocycles. The molecule has 1 aromatic rings.